The normalized spacial score (nSPS) is 14.1. The summed E-state index contributed by atoms with van der Waals surface area (Å²) in [5.41, 5.74) is 4.44. The van der Waals surface area contributed by atoms with Gasteiger partial charge in [-0.05, 0) is 54.0 Å². The summed E-state index contributed by atoms with van der Waals surface area (Å²) in [6, 6.07) is 8.34. The van der Waals surface area contributed by atoms with Crippen molar-refractivity contribution in [2.45, 2.75) is 13.8 Å². The number of nitrogens with one attached hydrogen (secondary N) is 1. The molecule has 0 bridgehead atoms. The van der Waals surface area contributed by atoms with Crippen molar-refractivity contribution in [3.8, 4) is 5.88 Å². The maximum absolute atomic E-state index is 5.35. The number of pyridine rings is 1. The Hall–Kier alpha value is -2.12. The number of rotatable bonds is 2. The van der Waals surface area contributed by atoms with Gasteiger partial charge >= 0.3 is 0 Å². The predicted molar refractivity (Wildman–Crippen MR) is 107 cm³/mol. The maximum Gasteiger partial charge on any atom is 0.215 e. The van der Waals surface area contributed by atoms with Crippen LogP contribution in [0.2, 0.25) is 0 Å². The van der Waals surface area contributed by atoms with Crippen LogP contribution in [0.5, 0.6) is 5.88 Å². The van der Waals surface area contributed by atoms with Gasteiger partial charge in [0.1, 0.15) is 5.82 Å². The number of methoxy groups -OCH3 is 1. The molecule has 1 fully saturated rings. The first-order valence-electron chi connectivity index (χ1n) is 8.52. The third-order valence-corrected chi connectivity index (χ3v) is 4.58. The van der Waals surface area contributed by atoms with Crippen LogP contribution in [0.25, 0.3) is 11.0 Å². The standard InChI is InChI=1S/C12H15N3O.C7H8BrNO/c1-9-13-11-3-2-10(8-12(11)14-9)15-4-6-16-7-5-15;1-5-3-6(8)4-9-7(5)10-2/h2-3,8H,4-7H2,1H3,(H,13,14);3-4H,1-2H3. The van der Waals surface area contributed by atoms with E-state index in [4.69, 9.17) is 9.47 Å². The van der Waals surface area contributed by atoms with Crippen LogP contribution in [0.4, 0.5) is 5.69 Å². The minimum absolute atomic E-state index is 0.684. The molecule has 0 atom stereocenters. The van der Waals surface area contributed by atoms with Gasteiger partial charge in [0, 0.05) is 35.0 Å². The van der Waals surface area contributed by atoms with E-state index in [1.54, 1.807) is 13.3 Å². The van der Waals surface area contributed by atoms with Gasteiger partial charge in [-0.15, -0.1) is 0 Å². The monoisotopic (exact) mass is 418 g/mol. The van der Waals surface area contributed by atoms with Crippen LogP contribution in [0.15, 0.2) is 34.9 Å². The van der Waals surface area contributed by atoms with Gasteiger partial charge in [-0.3, -0.25) is 0 Å². The van der Waals surface area contributed by atoms with Crippen molar-refractivity contribution >= 4 is 32.7 Å². The lowest BCUT2D eigenvalue weighted by atomic mass is 10.2. The molecule has 3 heterocycles. The number of morpholine rings is 1. The number of H-pyrrole nitrogens is 1. The summed E-state index contributed by atoms with van der Waals surface area (Å²) in [5.74, 6) is 1.65. The summed E-state index contributed by atoms with van der Waals surface area (Å²) >= 11 is 3.31. The van der Waals surface area contributed by atoms with Gasteiger partial charge in [0.15, 0.2) is 0 Å². The minimum Gasteiger partial charge on any atom is -0.481 e. The molecule has 3 aromatic rings. The molecular formula is C19H23BrN4O2. The van der Waals surface area contributed by atoms with Crippen molar-refractivity contribution in [3.05, 3.63) is 46.3 Å². The SMILES string of the molecule is COc1ncc(Br)cc1C.Cc1nc2ccc(N3CCOCC3)cc2[nH]1. The van der Waals surface area contributed by atoms with Crippen molar-refractivity contribution in [3.63, 3.8) is 0 Å². The fourth-order valence-electron chi connectivity index (χ4n) is 2.89. The number of hydrogen-bond acceptors (Lipinski definition) is 5. The fourth-order valence-corrected chi connectivity index (χ4v) is 3.33. The highest BCUT2D eigenvalue weighted by Crippen LogP contribution is 2.21. The number of benzene rings is 1. The lowest BCUT2D eigenvalue weighted by Gasteiger charge is -2.28. The van der Waals surface area contributed by atoms with Crippen LogP contribution >= 0.6 is 15.9 Å². The van der Waals surface area contributed by atoms with Crippen LogP contribution in [0.1, 0.15) is 11.4 Å². The summed E-state index contributed by atoms with van der Waals surface area (Å²) in [6.45, 7) is 7.52. The molecule has 0 amide bonds. The second-order valence-corrected chi connectivity index (χ2v) is 7.02. The zero-order valence-electron chi connectivity index (χ0n) is 15.3. The molecule has 0 saturated carbocycles. The first kappa shape index (κ1) is 18.7. The summed E-state index contributed by atoms with van der Waals surface area (Å²) in [4.78, 5) is 14.0. The molecule has 0 unspecified atom stereocenters. The number of nitrogens with zero attached hydrogens (tertiary/aromatic N) is 3. The number of halogens is 1. The molecule has 1 aromatic carbocycles. The van der Waals surface area contributed by atoms with Crippen molar-refractivity contribution in [1.82, 2.24) is 15.0 Å². The highest BCUT2D eigenvalue weighted by Gasteiger charge is 2.12. The van der Waals surface area contributed by atoms with E-state index in [0.29, 0.717) is 5.88 Å². The molecule has 1 aliphatic rings. The van der Waals surface area contributed by atoms with E-state index in [2.05, 4.69) is 54.0 Å². The summed E-state index contributed by atoms with van der Waals surface area (Å²) in [5, 5.41) is 0. The molecule has 6 nitrogen and oxygen atoms in total. The van der Waals surface area contributed by atoms with E-state index >= 15 is 0 Å². The Labute approximate surface area is 161 Å². The van der Waals surface area contributed by atoms with Gasteiger partial charge in [-0.1, -0.05) is 0 Å². The number of ether oxygens (including phenoxy) is 2. The van der Waals surface area contributed by atoms with Crippen LogP contribution in [-0.2, 0) is 4.74 Å². The van der Waals surface area contributed by atoms with Crippen molar-refractivity contribution in [2.24, 2.45) is 0 Å². The Morgan fingerprint density at radius 3 is 2.65 bits per heavy atom. The average Bonchev–Trinajstić information content (AvgIpc) is 3.02. The van der Waals surface area contributed by atoms with E-state index in [-0.39, 0.29) is 0 Å². The number of aryl methyl sites for hydroxylation is 2. The summed E-state index contributed by atoms with van der Waals surface area (Å²) in [6.07, 6.45) is 1.71. The molecule has 26 heavy (non-hydrogen) atoms. The predicted octanol–water partition coefficient (Wildman–Crippen LogP) is 3.87. The highest BCUT2D eigenvalue weighted by molar-refractivity contribution is 9.10. The Bertz CT molecular complexity index is 875. The van der Waals surface area contributed by atoms with Gasteiger partial charge < -0.3 is 19.4 Å². The van der Waals surface area contributed by atoms with Crippen molar-refractivity contribution in [2.75, 3.05) is 38.3 Å². The number of imidazole rings is 1. The van der Waals surface area contributed by atoms with E-state index in [1.165, 1.54) is 5.69 Å². The topological polar surface area (TPSA) is 63.3 Å². The van der Waals surface area contributed by atoms with Gasteiger partial charge in [-0.2, -0.15) is 0 Å². The summed E-state index contributed by atoms with van der Waals surface area (Å²) in [7, 11) is 1.61. The lowest BCUT2D eigenvalue weighted by molar-refractivity contribution is 0.122. The van der Waals surface area contributed by atoms with Gasteiger partial charge in [-0.25, -0.2) is 9.97 Å². The van der Waals surface area contributed by atoms with Gasteiger partial charge in [0.25, 0.3) is 0 Å². The zero-order chi connectivity index (χ0) is 18.5. The van der Waals surface area contributed by atoms with E-state index in [9.17, 15) is 0 Å². The maximum atomic E-state index is 5.35. The third-order valence-electron chi connectivity index (χ3n) is 4.15. The first-order valence-corrected chi connectivity index (χ1v) is 9.31. The molecule has 1 N–H and O–H groups in total. The number of aromatic amines is 1. The van der Waals surface area contributed by atoms with Crippen LogP contribution in [-0.4, -0.2) is 48.4 Å². The molecule has 0 spiro atoms. The number of fused-ring (bicyclic) bond motifs is 1. The molecule has 138 valence electrons. The number of aromatic nitrogens is 3. The Kier molecular flexibility index (Phi) is 6.11. The third kappa shape index (κ3) is 4.53. The average molecular weight is 419 g/mol. The van der Waals surface area contributed by atoms with E-state index in [1.807, 2.05) is 19.9 Å². The van der Waals surface area contributed by atoms with Crippen molar-refractivity contribution < 1.29 is 9.47 Å². The molecule has 0 radical (unpaired) electrons. The second kappa shape index (κ2) is 8.51. The first-order chi connectivity index (χ1) is 12.6. The van der Waals surface area contributed by atoms with Gasteiger partial charge in [0.05, 0.1) is 31.4 Å². The zero-order valence-corrected chi connectivity index (χ0v) is 16.8. The molecule has 7 heteroatoms. The molecule has 1 aliphatic heterocycles. The molecule has 4 rings (SSSR count). The second-order valence-electron chi connectivity index (χ2n) is 6.10. The van der Waals surface area contributed by atoms with E-state index < -0.39 is 0 Å². The van der Waals surface area contributed by atoms with Crippen LogP contribution in [0.3, 0.4) is 0 Å². The van der Waals surface area contributed by atoms with Gasteiger partial charge in [0.2, 0.25) is 5.88 Å². The smallest absolute Gasteiger partial charge is 0.215 e. The minimum atomic E-state index is 0.684. The van der Waals surface area contributed by atoms with Crippen molar-refractivity contribution in [1.29, 1.82) is 0 Å². The fraction of sp³-hybridized carbons (Fsp3) is 0.368. The Morgan fingerprint density at radius 1 is 1.19 bits per heavy atom. The number of hydrogen-bond donors (Lipinski definition) is 1. The largest absolute Gasteiger partial charge is 0.481 e. The lowest BCUT2D eigenvalue weighted by Crippen LogP contribution is -2.36. The Balaban J connectivity index is 0.000000170. The van der Waals surface area contributed by atoms with E-state index in [0.717, 1.165) is 53.2 Å². The number of anilines is 1. The molecule has 1 saturated heterocycles. The summed E-state index contributed by atoms with van der Waals surface area (Å²) < 4.78 is 11.3. The quantitative estimate of drug-likeness (QED) is 0.684. The Morgan fingerprint density at radius 2 is 1.96 bits per heavy atom. The van der Waals surface area contributed by atoms with Crippen LogP contribution in [0, 0.1) is 13.8 Å². The molecular weight excluding hydrogens is 396 g/mol. The highest BCUT2D eigenvalue weighted by atomic mass is 79.9. The molecule has 2 aromatic heterocycles. The molecule has 0 aliphatic carbocycles. The van der Waals surface area contributed by atoms with Crippen LogP contribution < -0.4 is 9.64 Å².